The van der Waals surface area contributed by atoms with E-state index in [0.717, 1.165) is 12.1 Å². The van der Waals surface area contributed by atoms with Gasteiger partial charge in [-0.1, -0.05) is 40.5 Å². The first-order valence-corrected chi connectivity index (χ1v) is 14.2. The Bertz CT molecular complexity index is 1460. The van der Waals surface area contributed by atoms with E-state index < -0.39 is 51.0 Å². The number of esters is 1. The van der Waals surface area contributed by atoms with Crippen LogP contribution in [0.5, 0.6) is 0 Å². The molecule has 0 radical (unpaired) electrons. The summed E-state index contributed by atoms with van der Waals surface area (Å²) in [4.78, 5) is 30.2. The van der Waals surface area contributed by atoms with Crippen LogP contribution in [0.1, 0.15) is 73.5 Å². The molecule has 0 spiro atoms. The minimum absolute atomic E-state index is 0.0507. The Morgan fingerprint density at radius 2 is 1.77 bits per heavy atom. The van der Waals surface area contributed by atoms with E-state index in [1.807, 2.05) is 0 Å². The largest absolute Gasteiger partial charge is 0.460 e. The van der Waals surface area contributed by atoms with Crippen molar-refractivity contribution < 1.29 is 41.5 Å². The van der Waals surface area contributed by atoms with Crippen LogP contribution in [0.25, 0.3) is 0 Å². The Kier molecular flexibility index (Phi) is 9.30. The Morgan fingerprint density at radius 3 is 2.35 bits per heavy atom. The second kappa shape index (κ2) is 12.2. The van der Waals surface area contributed by atoms with Crippen molar-refractivity contribution in [3.05, 3.63) is 68.4 Å². The standard InChI is InChI=1S/C30H30Cl2F4N2O5/c1-15-7-17(24-13-29(43-38-24,30(34,35)36)18-10-21(31)26(33)22(32)11-18)5-6-20(15)27(40)23(37)9-16-8-19(41-14-16)12-25(39)42-28(2,3)4/h5-7,10-11,16,19,37H,8-9,12-14H2,1-4H3. The Labute approximate surface area is 256 Å². The van der Waals surface area contributed by atoms with Crippen LogP contribution in [-0.2, 0) is 24.7 Å². The van der Waals surface area contributed by atoms with Gasteiger partial charge in [-0.3, -0.25) is 9.59 Å². The maximum atomic E-state index is 14.3. The van der Waals surface area contributed by atoms with Crippen LogP contribution in [0.15, 0.2) is 35.5 Å². The number of alkyl halides is 3. The first-order chi connectivity index (χ1) is 19.9. The number of oxime groups is 1. The van der Waals surface area contributed by atoms with Gasteiger partial charge in [0.25, 0.3) is 5.60 Å². The van der Waals surface area contributed by atoms with Gasteiger partial charge in [-0.15, -0.1) is 0 Å². The van der Waals surface area contributed by atoms with Crippen molar-refractivity contribution in [2.75, 3.05) is 6.61 Å². The first kappa shape index (κ1) is 32.9. The molecule has 0 aliphatic carbocycles. The third kappa shape index (κ3) is 7.21. The smallest absolute Gasteiger partial charge is 0.435 e. The molecule has 0 bridgehead atoms. The highest BCUT2D eigenvalue weighted by Crippen LogP contribution is 2.50. The number of ether oxygens (including phenoxy) is 2. The molecule has 1 fully saturated rings. The summed E-state index contributed by atoms with van der Waals surface area (Å²) in [5, 5.41) is 10.9. The highest BCUT2D eigenvalue weighted by molar-refractivity contribution is 6.45. The summed E-state index contributed by atoms with van der Waals surface area (Å²) >= 11 is 11.5. The molecule has 232 valence electrons. The molecule has 2 aromatic carbocycles. The minimum atomic E-state index is -4.96. The maximum Gasteiger partial charge on any atom is 0.435 e. The molecule has 1 saturated heterocycles. The number of rotatable bonds is 8. The van der Waals surface area contributed by atoms with E-state index in [9.17, 15) is 27.2 Å². The lowest BCUT2D eigenvalue weighted by Gasteiger charge is -2.29. The van der Waals surface area contributed by atoms with Crippen LogP contribution >= 0.6 is 23.2 Å². The van der Waals surface area contributed by atoms with Gasteiger partial charge in [-0.2, -0.15) is 13.2 Å². The fraction of sp³-hybridized carbons (Fsp3) is 0.467. The average Bonchev–Trinajstić information content (AvgIpc) is 3.53. The molecule has 0 saturated carbocycles. The summed E-state index contributed by atoms with van der Waals surface area (Å²) in [6.45, 7) is 7.22. The van der Waals surface area contributed by atoms with E-state index in [4.69, 9.17) is 42.9 Å². The number of hydrogen-bond donors (Lipinski definition) is 1. The molecule has 3 atom stereocenters. The van der Waals surface area contributed by atoms with E-state index in [2.05, 4.69) is 5.16 Å². The van der Waals surface area contributed by atoms with Gasteiger partial charge < -0.3 is 19.7 Å². The van der Waals surface area contributed by atoms with Gasteiger partial charge in [0, 0.05) is 17.5 Å². The summed E-state index contributed by atoms with van der Waals surface area (Å²) in [5.41, 5.74) is -3.33. The molecule has 2 aliphatic rings. The van der Waals surface area contributed by atoms with Crippen molar-refractivity contribution in [1.82, 2.24) is 0 Å². The zero-order chi connectivity index (χ0) is 31.9. The predicted molar refractivity (Wildman–Crippen MR) is 153 cm³/mol. The third-order valence-electron chi connectivity index (χ3n) is 7.19. The predicted octanol–water partition coefficient (Wildman–Crippen LogP) is 7.75. The zero-order valence-corrected chi connectivity index (χ0v) is 25.3. The van der Waals surface area contributed by atoms with Gasteiger partial charge in [-0.25, -0.2) is 4.39 Å². The number of halogens is 6. The second-order valence-corrected chi connectivity index (χ2v) is 12.6. The number of hydrogen-bond acceptors (Lipinski definition) is 7. The van der Waals surface area contributed by atoms with E-state index in [0.29, 0.717) is 18.6 Å². The van der Waals surface area contributed by atoms with Crippen molar-refractivity contribution in [1.29, 1.82) is 5.41 Å². The van der Waals surface area contributed by atoms with Crippen molar-refractivity contribution >= 4 is 46.4 Å². The molecule has 43 heavy (non-hydrogen) atoms. The molecule has 3 unspecified atom stereocenters. The lowest BCUT2D eigenvalue weighted by molar-refractivity contribution is -0.275. The van der Waals surface area contributed by atoms with Gasteiger partial charge in [0.2, 0.25) is 5.78 Å². The normalized spacial score (nSPS) is 22.2. The fourth-order valence-electron chi connectivity index (χ4n) is 5.12. The van der Waals surface area contributed by atoms with Gasteiger partial charge >= 0.3 is 12.1 Å². The van der Waals surface area contributed by atoms with Crippen LogP contribution in [0.3, 0.4) is 0 Å². The van der Waals surface area contributed by atoms with Gasteiger partial charge in [0.1, 0.15) is 5.60 Å². The van der Waals surface area contributed by atoms with Crippen LogP contribution < -0.4 is 0 Å². The van der Waals surface area contributed by atoms with Crippen molar-refractivity contribution in [2.24, 2.45) is 11.1 Å². The molecular weight excluding hydrogens is 615 g/mol. The average molecular weight is 645 g/mol. The van der Waals surface area contributed by atoms with Crippen molar-refractivity contribution in [3.63, 3.8) is 0 Å². The molecule has 0 amide bonds. The lowest BCUT2D eigenvalue weighted by Crippen LogP contribution is -2.42. The number of Topliss-reactive ketones (excluding diaryl/α,β-unsaturated/α-hetero) is 1. The van der Waals surface area contributed by atoms with Crippen LogP contribution in [0, 0.1) is 24.1 Å². The molecule has 2 heterocycles. The molecule has 2 aromatic rings. The summed E-state index contributed by atoms with van der Waals surface area (Å²) in [5.74, 6) is -2.08. The maximum absolute atomic E-state index is 14.3. The molecule has 13 heteroatoms. The minimum Gasteiger partial charge on any atom is -0.460 e. The number of aryl methyl sites for hydroxylation is 1. The van der Waals surface area contributed by atoms with E-state index >= 15 is 0 Å². The SMILES string of the molecule is Cc1cc(C2=NOC(c3cc(Cl)c(F)c(Cl)c3)(C(F)(F)F)C2)ccc1C(=O)C(=N)CC1COC(CC(=O)OC(C)(C)C)C1. The molecule has 0 aromatic heterocycles. The van der Waals surface area contributed by atoms with Crippen LogP contribution in [0.2, 0.25) is 10.0 Å². The third-order valence-corrected chi connectivity index (χ3v) is 7.74. The van der Waals surface area contributed by atoms with Crippen LogP contribution in [0.4, 0.5) is 17.6 Å². The Balaban J connectivity index is 1.43. The van der Waals surface area contributed by atoms with Gasteiger partial charge in [0.15, 0.2) is 5.82 Å². The highest BCUT2D eigenvalue weighted by atomic mass is 35.5. The molecular formula is C30H30Cl2F4N2O5. The summed E-state index contributed by atoms with van der Waals surface area (Å²) < 4.78 is 67.9. The highest BCUT2D eigenvalue weighted by Gasteiger charge is 2.62. The topological polar surface area (TPSA) is 98.0 Å². The molecule has 7 nitrogen and oxygen atoms in total. The van der Waals surface area contributed by atoms with E-state index in [1.54, 1.807) is 27.7 Å². The number of ketones is 1. The van der Waals surface area contributed by atoms with E-state index in [-0.39, 0.29) is 53.4 Å². The van der Waals surface area contributed by atoms with E-state index in [1.165, 1.54) is 18.2 Å². The number of benzene rings is 2. The number of nitrogens with zero attached hydrogens (tertiary/aromatic N) is 1. The molecule has 2 aliphatic heterocycles. The monoisotopic (exact) mass is 644 g/mol. The summed E-state index contributed by atoms with van der Waals surface area (Å²) in [6, 6.07) is 5.97. The molecule has 4 rings (SSSR count). The Morgan fingerprint density at radius 1 is 1.12 bits per heavy atom. The van der Waals surface area contributed by atoms with Gasteiger partial charge in [-0.05, 0) is 75.8 Å². The Hall–Kier alpha value is -3.02. The van der Waals surface area contributed by atoms with Crippen LogP contribution in [-0.4, -0.2) is 47.7 Å². The molecule has 1 N–H and O–H groups in total. The van der Waals surface area contributed by atoms with Crippen molar-refractivity contribution in [2.45, 2.75) is 76.9 Å². The van der Waals surface area contributed by atoms with Gasteiger partial charge in [0.05, 0.1) is 40.6 Å². The number of carbonyl (C=O) groups is 2. The quantitative estimate of drug-likeness (QED) is 0.104. The lowest BCUT2D eigenvalue weighted by atomic mass is 9.85. The fourth-order valence-corrected chi connectivity index (χ4v) is 5.61. The summed E-state index contributed by atoms with van der Waals surface area (Å²) in [6.07, 6.45) is -5.34. The second-order valence-electron chi connectivity index (χ2n) is 11.8. The first-order valence-electron chi connectivity index (χ1n) is 13.4. The number of nitrogens with one attached hydrogen (secondary N) is 1. The zero-order valence-electron chi connectivity index (χ0n) is 23.8. The summed E-state index contributed by atoms with van der Waals surface area (Å²) in [7, 11) is 0. The van der Waals surface area contributed by atoms with Crippen molar-refractivity contribution in [3.8, 4) is 0 Å². The number of carbonyl (C=O) groups excluding carboxylic acids is 2.